The maximum Gasteiger partial charge on any atom is 0.140 e. The Balaban J connectivity index is 2.47. The van der Waals surface area contributed by atoms with Gasteiger partial charge in [0.25, 0.3) is 0 Å². The van der Waals surface area contributed by atoms with Crippen molar-refractivity contribution in [3.63, 3.8) is 0 Å². The number of aliphatic hydroxyl groups excluding tert-OH is 1. The predicted molar refractivity (Wildman–Crippen MR) is 92.7 cm³/mol. The number of nitrogens with two attached hydrogens (primary N) is 1. The molecule has 0 aliphatic carbocycles. The molecule has 2 rings (SSSR count). The number of nitrogen functional groups attached to an aromatic ring is 1. The summed E-state index contributed by atoms with van der Waals surface area (Å²) >= 11 is 0. The second kappa shape index (κ2) is 7.32. The van der Waals surface area contributed by atoms with Crippen molar-refractivity contribution in [1.82, 2.24) is 9.78 Å². The molecule has 0 atom stereocenters. The highest BCUT2D eigenvalue weighted by Gasteiger charge is 2.18. The molecule has 2 aromatic rings. The van der Waals surface area contributed by atoms with Gasteiger partial charge in [-0.1, -0.05) is 12.1 Å². The second-order valence-corrected chi connectivity index (χ2v) is 5.32. The van der Waals surface area contributed by atoms with Crippen molar-refractivity contribution < 1.29 is 5.11 Å². The summed E-state index contributed by atoms with van der Waals surface area (Å²) in [7, 11) is 3.89. The molecule has 24 heavy (non-hydrogen) atoms. The molecule has 0 bridgehead atoms. The number of aliphatic hydroxyl groups is 1. The van der Waals surface area contributed by atoms with Gasteiger partial charge in [0, 0.05) is 19.8 Å². The summed E-state index contributed by atoms with van der Waals surface area (Å²) in [5.74, 6) is 0.144. The number of allylic oxidation sites excluding steroid dienone is 1. The van der Waals surface area contributed by atoms with E-state index >= 15 is 0 Å². The smallest absolute Gasteiger partial charge is 0.140 e. The van der Waals surface area contributed by atoms with E-state index in [9.17, 15) is 10.5 Å². The Labute approximate surface area is 140 Å². The summed E-state index contributed by atoms with van der Waals surface area (Å²) in [5.41, 5.74) is 8.33. The fourth-order valence-electron chi connectivity index (χ4n) is 2.23. The van der Waals surface area contributed by atoms with Crippen molar-refractivity contribution in [2.45, 2.75) is 6.54 Å². The van der Waals surface area contributed by atoms with Crippen molar-refractivity contribution >= 4 is 23.2 Å². The average Bonchev–Trinajstić information content (AvgIpc) is 2.89. The van der Waals surface area contributed by atoms with Gasteiger partial charge >= 0.3 is 0 Å². The second-order valence-electron chi connectivity index (χ2n) is 5.32. The summed E-state index contributed by atoms with van der Waals surface area (Å²) in [6.07, 6.45) is 1.66. The van der Waals surface area contributed by atoms with Gasteiger partial charge in [-0.25, -0.2) is 4.68 Å². The maximum absolute atomic E-state index is 9.46. The Bertz CT molecular complexity index is 834. The predicted octanol–water partition coefficient (Wildman–Crippen LogP) is 1.46. The lowest BCUT2D eigenvalue weighted by atomic mass is 10.1. The standard InChI is InChI=1S/C17H18N6O/c1-22(2)14-5-3-12(4-6-14)9-13(10-18)16-15(11-19)17(20)23(21-16)7-8-24/h3-6,9,24H,7-8,20H2,1-2H3/b13-9+. The van der Waals surface area contributed by atoms with Crippen LogP contribution in [0.25, 0.3) is 11.6 Å². The molecular weight excluding hydrogens is 304 g/mol. The lowest BCUT2D eigenvalue weighted by molar-refractivity contribution is 0.270. The summed E-state index contributed by atoms with van der Waals surface area (Å²) in [6, 6.07) is 11.7. The molecule has 0 saturated carbocycles. The Morgan fingerprint density at radius 2 is 2.00 bits per heavy atom. The van der Waals surface area contributed by atoms with Gasteiger partial charge in [0.2, 0.25) is 0 Å². The molecule has 0 aliphatic rings. The van der Waals surface area contributed by atoms with Crippen LogP contribution in [-0.4, -0.2) is 35.6 Å². The van der Waals surface area contributed by atoms with Crippen LogP contribution in [0.2, 0.25) is 0 Å². The Morgan fingerprint density at radius 3 is 2.50 bits per heavy atom. The number of aromatic nitrogens is 2. The molecule has 3 N–H and O–H groups in total. The molecule has 0 radical (unpaired) electrons. The van der Waals surface area contributed by atoms with E-state index in [0.717, 1.165) is 11.3 Å². The number of hydrogen-bond acceptors (Lipinski definition) is 6. The first-order valence-electron chi connectivity index (χ1n) is 7.28. The molecule has 0 aliphatic heterocycles. The third-order valence-electron chi connectivity index (χ3n) is 3.51. The van der Waals surface area contributed by atoms with Gasteiger partial charge in [-0.05, 0) is 23.8 Å². The van der Waals surface area contributed by atoms with Crippen LogP contribution in [0.3, 0.4) is 0 Å². The monoisotopic (exact) mass is 322 g/mol. The zero-order chi connectivity index (χ0) is 17.7. The highest BCUT2D eigenvalue weighted by Crippen LogP contribution is 2.25. The number of rotatable bonds is 5. The van der Waals surface area contributed by atoms with Crippen LogP contribution in [0.15, 0.2) is 24.3 Å². The van der Waals surface area contributed by atoms with Crippen molar-refractivity contribution in [3.05, 3.63) is 41.1 Å². The van der Waals surface area contributed by atoms with Crippen molar-refractivity contribution in [3.8, 4) is 12.1 Å². The fraction of sp³-hybridized carbons (Fsp3) is 0.235. The van der Waals surface area contributed by atoms with Gasteiger partial charge in [-0.2, -0.15) is 15.6 Å². The lowest BCUT2D eigenvalue weighted by Gasteiger charge is -2.11. The van der Waals surface area contributed by atoms with Crippen molar-refractivity contribution in [1.29, 1.82) is 10.5 Å². The van der Waals surface area contributed by atoms with E-state index in [-0.39, 0.29) is 35.8 Å². The first kappa shape index (κ1) is 17.1. The van der Waals surface area contributed by atoms with Gasteiger partial charge < -0.3 is 15.7 Å². The third kappa shape index (κ3) is 3.37. The summed E-state index contributed by atoms with van der Waals surface area (Å²) in [6.45, 7) is 0.00450. The van der Waals surface area contributed by atoms with E-state index in [1.54, 1.807) is 6.08 Å². The molecule has 7 nitrogen and oxygen atoms in total. The minimum Gasteiger partial charge on any atom is -0.394 e. The Morgan fingerprint density at radius 1 is 1.33 bits per heavy atom. The van der Waals surface area contributed by atoms with Crippen molar-refractivity contribution in [2.24, 2.45) is 0 Å². The molecule has 0 spiro atoms. The quantitative estimate of drug-likeness (QED) is 0.805. The van der Waals surface area contributed by atoms with Crippen LogP contribution in [-0.2, 0) is 6.54 Å². The molecule has 1 heterocycles. The molecule has 122 valence electrons. The van der Waals surface area contributed by atoms with Gasteiger partial charge in [-0.15, -0.1) is 0 Å². The van der Waals surface area contributed by atoms with Crippen LogP contribution < -0.4 is 10.6 Å². The number of hydrogen-bond donors (Lipinski definition) is 2. The topological polar surface area (TPSA) is 115 Å². The van der Waals surface area contributed by atoms with E-state index in [2.05, 4.69) is 11.2 Å². The molecule has 1 aromatic heterocycles. The summed E-state index contributed by atoms with van der Waals surface area (Å²) in [5, 5.41) is 32.0. The van der Waals surface area contributed by atoms with E-state index in [4.69, 9.17) is 10.8 Å². The number of nitrogens with zero attached hydrogens (tertiary/aromatic N) is 5. The molecule has 0 fully saturated rings. The number of nitriles is 2. The van der Waals surface area contributed by atoms with E-state index in [1.165, 1.54) is 4.68 Å². The summed E-state index contributed by atoms with van der Waals surface area (Å²) < 4.78 is 1.33. The Hall–Kier alpha value is -3.29. The average molecular weight is 322 g/mol. The molecular formula is C17H18N6O. The van der Waals surface area contributed by atoms with Crippen LogP contribution in [0.5, 0.6) is 0 Å². The molecule has 1 aromatic carbocycles. The van der Waals surface area contributed by atoms with Gasteiger partial charge in [-0.3, -0.25) is 0 Å². The maximum atomic E-state index is 9.46. The third-order valence-corrected chi connectivity index (χ3v) is 3.51. The van der Waals surface area contributed by atoms with Crippen LogP contribution in [0, 0.1) is 22.7 Å². The number of benzene rings is 1. The van der Waals surface area contributed by atoms with Crippen LogP contribution >= 0.6 is 0 Å². The van der Waals surface area contributed by atoms with E-state index in [1.807, 2.05) is 49.3 Å². The minimum atomic E-state index is -0.159. The zero-order valence-electron chi connectivity index (χ0n) is 13.6. The summed E-state index contributed by atoms with van der Waals surface area (Å²) in [4.78, 5) is 1.98. The molecule has 7 heteroatoms. The largest absolute Gasteiger partial charge is 0.394 e. The SMILES string of the molecule is CN(C)c1ccc(/C=C(\C#N)c2nn(CCO)c(N)c2C#N)cc1. The highest BCUT2D eigenvalue weighted by molar-refractivity contribution is 5.91. The molecule has 0 saturated heterocycles. The van der Waals surface area contributed by atoms with Crippen molar-refractivity contribution in [2.75, 3.05) is 31.3 Å². The van der Waals surface area contributed by atoms with E-state index < -0.39 is 0 Å². The molecule has 0 unspecified atom stereocenters. The fourth-order valence-corrected chi connectivity index (χ4v) is 2.23. The first-order chi connectivity index (χ1) is 11.5. The van der Waals surface area contributed by atoms with Gasteiger partial charge in [0.05, 0.1) is 18.7 Å². The highest BCUT2D eigenvalue weighted by atomic mass is 16.3. The van der Waals surface area contributed by atoms with Gasteiger partial charge in [0.1, 0.15) is 29.2 Å². The minimum absolute atomic E-state index is 0.140. The van der Waals surface area contributed by atoms with Gasteiger partial charge in [0.15, 0.2) is 0 Å². The van der Waals surface area contributed by atoms with E-state index in [0.29, 0.717) is 0 Å². The Kier molecular flexibility index (Phi) is 5.20. The first-order valence-corrected chi connectivity index (χ1v) is 7.28. The lowest BCUT2D eigenvalue weighted by Crippen LogP contribution is -2.08. The zero-order valence-corrected chi connectivity index (χ0v) is 13.6. The van der Waals surface area contributed by atoms with Crippen LogP contribution in [0.4, 0.5) is 11.5 Å². The molecule has 0 amide bonds. The number of anilines is 2. The van der Waals surface area contributed by atoms with Crippen LogP contribution in [0.1, 0.15) is 16.8 Å². The normalized spacial score (nSPS) is 11.0.